The van der Waals surface area contributed by atoms with Gasteiger partial charge in [-0.1, -0.05) is 44.1 Å². The molecule has 26 nitrogen and oxygen atoms in total. The molecule has 0 radical (unpaired) electrons. The average Bonchev–Trinajstić information content (AvgIpc) is 3.30. The number of nitrogens with zero attached hydrogens (tertiary/aromatic N) is 4. The fourth-order valence-corrected chi connectivity index (χ4v) is 7.45. The van der Waals surface area contributed by atoms with Crippen molar-refractivity contribution in [1.82, 2.24) is 57.2 Å². The molecule has 0 bridgehead atoms. The molecule has 0 aliphatic carbocycles. The molecule has 10 amide bonds. The monoisotopic (exact) mass is 1040 g/mol. The van der Waals surface area contributed by atoms with Gasteiger partial charge >= 0.3 is 30.3 Å². The van der Waals surface area contributed by atoms with E-state index in [1.54, 1.807) is 20.8 Å². The summed E-state index contributed by atoms with van der Waals surface area (Å²) in [6.45, 7) is 9.32. The van der Waals surface area contributed by atoms with Gasteiger partial charge in [0.1, 0.15) is 32.1 Å². The van der Waals surface area contributed by atoms with Crippen molar-refractivity contribution in [3.63, 3.8) is 0 Å². The van der Waals surface area contributed by atoms with Crippen LogP contribution < -0.4 is 59.0 Å². The highest BCUT2D eigenvalue weighted by atomic mass is 16.6. The van der Waals surface area contributed by atoms with Crippen molar-refractivity contribution in [3.05, 3.63) is 55.9 Å². The molecule has 410 valence electrons. The molecule has 3 heterocycles. The number of anilines is 2. The van der Waals surface area contributed by atoms with E-state index in [9.17, 15) is 43.2 Å². The van der Waals surface area contributed by atoms with Crippen LogP contribution in [-0.2, 0) is 19.1 Å². The molecule has 3 rings (SSSR count). The number of rotatable bonds is 33. The number of quaternary nitrogens is 1. The van der Waals surface area contributed by atoms with Gasteiger partial charge in [0.25, 0.3) is 11.1 Å². The lowest BCUT2D eigenvalue weighted by Crippen LogP contribution is -2.50. The first-order valence-electron chi connectivity index (χ1n) is 25.5. The summed E-state index contributed by atoms with van der Waals surface area (Å²) in [5.41, 5.74) is 1.09. The topological polar surface area (TPSA) is 350 Å². The number of aromatic nitrogens is 4. The summed E-state index contributed by atoms with van der Waals surface area (Å²) < 4.78 is 11.4. The van der Waals surface area contributed by atoms with Crippen molar-refractivity contribution in [2.24, 2.45) is 4.99 Å². The number of alkyl carbamates (subject to hydrolysis) is 2. The summed E-state index contributed by atoms with van der Waals surface area (Å²) in [4.78, 5) is 126. The van der Waals surface area contributed by atoms with Gasteiger partial charge in [0.2, 0.25) is 23.7 Å². The number of likely N-dealkylation sites (N-methyl/N-ethyl adjacent to an activating group) is 1. The quantitative estimate of drug-likeness (QED) is 0.0361. The highest BCUT2D eigenvalue weighted by Gasteiger charge is 2.24. The number of aromatic amines is 2. The van der Waals surface area contributed by atoms with Crippen LogP contribution in [0.15, 0.2) is 38.4 Å². The van der Waals surface area contributed by atoms with Crippen LogP contribution in [0.3, 0.4) is 0 Å². The highest BCUT2D eigenvalue weighted by molar-refractivity contribution is 6.09. The number of aliphatic imine (C=N–C) groups is 1. The summed E-state index contributed by atoms with van der Waals surface area (Å²) in [7, 11) is 1.96. The molecule has 0 fully saturated rings. The molecule has 2 aromatic rings. The Labute approximate surface area is 431 Å². The van der Waals surface area contributed by atoms with Crippen molar-refractivity contribution in [1.29, 1.82) is 0 Å². The van der Waals surface area contributed by atoms with E-state index in [2.05, 4.69) is 72.8 Å². The Hall–Kier alpha value is -7.38. The van der Waals surface area contributed by atoms with Crippen LogP contribution in [0.4, 0.5) is 35.9 Å². The van der Waals surface area contributed by atoms with Gasteiger partial charge in [-0.2, -0.15) is 4.99 Å². The van der Waals surface area contributed by atoms with E-state index < -0.39 is 30.3 Å². The molecular weight excluding hydrogens is 963 g/mol. The lowest BCUT2D eigenvalue weighted by Gasteiger charge is -2.34. The molecule has 0 saturated carbocycles. The molecule has 0 aromatic carbocycles. The Morgan fingerprint density at radius 3 is 1.46 bits per heavy atom. The van der Waals surface area contributed by atoms with E-state index in [1.807, 2.05) is 7.05 Å². The third-order valence-corrected chi connectivity index (χ3v) is 11.4. The third-order valence-electron chi connectivity index (χ3n) is 11.4. The van der Waals surface area contributed by atoms with Gasteiger partial charge in [0.15, 0.2) is 0 Å². The maximum absolute atomic E-state index is 12.7. The number of aryl methyl sites for hydroxylation is 2. The Morgan fingerprint density at radius 2 is 1.01 bits per heavy atom. The van der Waals surface area contributed by atoms with Crippen molar-refractivity contribution < 1.29 is 47.5 Å². The van der Waals surface area contributed by atoms with Crippen molar-refractivity contribution >= 4 is 59.8 Å². The zero-order chi connectivity index (χ0) is 54.0. The number of unbranched alkanes of at least 4 members (excludes halogenated alkanes) is 9. The summed E-state index contributed by atoms with van der Waals surface area (Å²) >= 11 is 0. The molecule has 11 N–H and O–H groups in total. The minimum absolute atomic E-state index is 0.0725. The summed E-state index contributed by atoms with van der Waals surface area (Å²) in [6, 6.07) is 1.21. The SMILES string of the molecule is CC1=CC(=O)NC(=NC(=O)NCCCCCCNC(=O)CCC[N+](C)(CCOC(=O)NCCCCCCNC(=O)Nc2nc(C)cc(=O)[nH]2)CCOC(=O)NCCCCCCNC(=O)Nc2nc(C)cc(=O)[nH]2)C1. The van der Waals surface area contributed by atoms with Gasteiger partial charge < -0.3 is 51.2 Å². The maximum atomic E-state index is 12.7. The van der Waals surface area contributed by atoms with Crippen molar-refractivity contribution in [3.8, 4) is 0 Å². The van der Waals surface area contributed by atoms with Crippen LogP contribution in [0, 0.1) is 13.8 Å². The molecule has 74 heavy (non-hydrogen) atoms. The molecule has 1 aliphatic heterocycles. The van der Waals surface area contributed by atoms with Gasteiger partial charge in [-0.3, -0.25) is 39.8 Å². The number of ether oxygens (including phenoxy) is 2. The minimum atomic E-state index is -0.554. The molecule has 2 aromatic heterocycles. The summed E-state index contributed by atoms with van der Waals surface area (Å²) in [5, 5.41) is 24.2. The normalized spacial score (nSPS) is 12.7. The number of urea groups is 3. The molecule has 0 saturated heterocycles. The number of hydrogen-bond acceptors (Lipinski definition) is 13. The van der Waals surface area contributed by atoms with E-state index in [0.29, 0.717) is 119 Å². The summed E-state index contributed by atoms with van der Waals surface area (Å²) in [5.74, 6) is 0.0986. The Bertz CT molecular complexity index is 2210. The zero-order valence-electron chi connectivity index (χ0n) is 43.4. The lowest BCUT2D eigenvalue weighted by atomic mass is 10.1. The minimum Gasteiger partial charge on any atom is -0.444 e. The van der Waals surface area contributed by atoms with Crippen molar-refractivity contribution in [2.45, 2.75) is 117 Å². The van der Waals surface area contributed by atoms with Crippen LogP contribution in [0.25, 0.3) is 0 Å². The van der Waals surface area contributed by atoms with Gasteiger partial charge in [-0.05, 0) is 59.3 Å². The smallest absolute Gasteiger partial charge is 0.407 e. The van der Waals surface area contributed by atoms with Crippen LogP contribution in [0.2, 0.25) is 0 Å². The number of amidine groups is 1. The molecule has 0 atom stereocenters. The first-order valence-corrected chi connectivity index (χ1v) is 25.5. The van der Waals surface area contributed by atoms with E-state index >= 15 is 0 Å². The number of hydrogen-bond donors (Lipinski definition) is 11. The molecule has 1 aliphatic rings. The third kappa shape index (κ3) is 29.2. The van der Waals surface area contributed by atoms with Crippen LogP contribution in [0.1, 0.15) is 115 Å². The van der Waals surface area contributed by atoms with Crippen LogP contribution in [0.5, 0.6) is 0 Å². The van der Waals surface area contributed by atoms with Crippen LogP contribution in [-0.4, -0.2) is 152 Å². The fourth-order valence-electron chi connectivity index (χ4n) is 7.45. The second-order valence-electron chi connectivity index (χ2n) is 18.3. The highest BCUT2D eigenvalue weighted by Crippen LogP contribution is 2.09. The number of carbonyl (C=O) groups excluding carboxylic acids is 7. The second kappa shape index (κ2) is 34.9. The molecule has 26 heteroatoms. The second-order valence-corrected chi connectivity index (χ2v) is 18.3. The number of amides is 10. The first kappa shape index (κ1) is 60.9. The zero-order valence-corrected chi connectivity index (χ0v) is 43.4. The maximum Gasteiger partial charge on any atom is 0.407 e. The van der Waals surface area contributed by atoms with Crippen molar-refractivity contribution in [2.75, 3.05) is 89.8 Å². The number of H-pyrrole nitrogens is 2. The average molecular weight is 1040 g/mol. The Morgan fingerprint density at radius 1 is 0.581 bits per heavy atom. The predicted molar refractivity (Wildman–Crippen MR) is 278 cm³/mol. The molecule has 0 spiro atoms. The van der Waals surface area contributed by atoms with E-state index in [4.69, 9.17) is 9.47 Å². The summed E-state index contributed by atoms with van der Waals surface area (Å²) in [6.07, 6.45) is 10.9. The van der Waals surface area contributed by atoms with E-state index in [-0.39, 0.29) is 54.5 Å². The number of carbonyl (C=O) groups is 7. The first-order chi connectivity index (χ1) is 35.5. The van der Waals surface area contributed by atoms with Gasteiger partial charge in [-0.25, -0.2) is 33.9 Å². The van der Waals surface area contributed by atoms with E-state index in [0.717, 1.165) is 56.9 Å². The largest absolute Gasteiger partial charge is 0.444 e. The van der Waals surface area contributed by atoms with Gasteiger partial charge in [0, 0.05) is 88.1 Å². The standard InChI is InChI=1S/C48H77N15O11/c1-34-30-37(57-39(65)31-34)58-44(68)50-20-12-6-5-11-19-49-38(64)18-17-25-63(4,26-28-73-47(71)53-23-15-9-7-13-21-51-45(69)61-42-55-35(2)32-40(66)59-42)27-29-74-48(72)54-24-16-10-8-14-22-52-46(70)62-43-56-36(3)33-41(67)60-43/h31-33H,5-30H2,1-4H3,(H10-,49,50,51,52,53,54,55,56,57,58,59,60,61,62,64,65,66,67,68,69,70,71,72)/p+1. The molecule has 0 unspecified atom stereocenters. The Balaban J connectivity index is 1.30. The van der Waals surface area contributed by atoms with E-state index in [1.165, 1.54) is 18.2 Å². The van der Waals surface area contributed by atoms with Crippen LogP contribution >= 0.6 is 0 Å². The fraction of sp³-hybridized carbons (Fsp3) is 0.625. The molecular formula is C48H78N15O11+. The lowest BCUT2D eigenvalue weighted by molar-refractivity contribution is -0.910. The predicted octanol–water partition coefficient (Wildman–Crippen LogP) is 3.46. The van der Waals surface area contributed by atoms with Gasteiger partial charge in [0.05, 0.1) is 13.6 Å². The number of nitrogens with one attached hydrogen (secondary N) is 11. The Kier molecular flexibility index (Phi) is 28.7. The van der Waals surface area contributed by atoms with Gasteiger partial charge in [-0.15, -0.1) is 0 Å².